The lowest BCUT2D eigenvalue weighted by Gasteiger charge is -2.18. The van der Waals surface area contributed by atoms with Crippen molar-refractivity contribution in [1.29, 1.82) is 0 Å². The molecule has 0 radical (unpaired) electrons. The Morgan fingerprint density at radius 3 is 2.77 bits per heavy atom. The Kier molecular flexibility index (Phi) is 6.63. The first-order valence-corrected chi connectivity index (χ1v) is 9.10. The van der Waals surface area contributed by atoms with Gasteiger partial charge < -0.3 is 23.9 Å². The van der Waals surface area contributed by atoms with E-state index in [-0.39, 0.29) is 24.7 Å². The standard InChI is InChI=1S/C20H19F3N4O4/c1-26(11-17-24-7-8-27(17)13-20(21,22)23)18(28)12-31-15-5-2-4-14(10-15)25-19(29)16-6-3-9-30-16/h2-10H,11-13H2,1H3,(H,25,29). The van der Waals surface area contributed by atoms with Crippen LogP contribution in [0.15, 0.2) is 59.5 Å². The van der Waals surface area contributed by atoms with Crippen LogP contribution in [0.4, 0.5) is 18.9 Å². The largest absolute Gasteiger partial charge is 0.484 e. The molecule has 11 heteroatoms. The molecular formula is C20H19F3N4O4. The molecule has 0 spiro atoms. The second-order valence-electron chi connectivity index (χ2n) is 6.58. The van der Waals surface area contributed by atoms with Crippen LogP contribution in [0, 0.1) is 0 Å². The molecule has 3 aromatic rings. The highest BCUT2D eigenvalue weighted by molar-refractivity contribution is 6.02. The van der Waals surface area contributed by atoms with Crippen molar-refractivity contribution in [2.24, 2.45) is 0 Å². The molecule has 1 aromatic carbocycles. The second-order valence-corrected chi connectivity index (χ2v) is 6.58. The van der Waals surface area contributed by atoms with E-state index in [9.17, 15) is 22.8 Å². The third-order valence-corrected chi connectivity index (χ3v) is 4.15. The number of alkyl halides is 3. The minimum atomic E-state index is -4.39. The number of carbonyl (C=O) groups is 2. The molecule has 0 unspecified atom stereocenters. The molecule has 2 aromatic heterocycles. The van der Waals surface area contributed by atoms with Gasteiger partial charge in [0.2, 0.25) is 0 Å². The fourth-order valence-corrected chi connectivity index (χ4v) is 2.65. The van der Waals surface area contributed by atoms with Crippen molar-refractivity contribution in [2.45, 2.75) is 19.3 Å². The molecule has 0 aliphatic heterocycles. The van der Waals surface area contributed by atoms with Gasteiger partial charge >= 0.3 is 6.18 Å². The number of rotatable bonds is 8. The number of amides is 2. The Labute approximate surface area is 175 Å². The third-order valence-electron chi connectivity index (χ3n) is 4.15. The Morgan fingerprint density at radius 2 is 2.06 bits per heavy atom. The highest BCUT2D eigenvalue weighted by atomic mass is 19.4. The van der Waals surface area contributed by atoms with Crippen LogP contribution in [0.3, 0.4) is 0 Å². The zero-order valence-corrected chi connectivity index (χ0v) is 16.4. The molecule has 2 amide bonds. The van der Waals surface area contributed by atoms with Gasteiger partial charge in [-0.25, -0.2) is 4.98 Å². The van der Waals surface area contributed by atoms with Gasteiger partial charge in [-0.1, -0.05) is 6.07 Å². The van der Waals surface area contributed by atoms with Crippen LogP contribution in [0.2, 0.25) is 0 Å². The summed E-state index contributed by atoms with van der Waals surface area (Å²) in [6, 6.07) is 9.52. The van der Waals surface area contributed by atoms with Crippen molar-refractivity contribution in [2.75, 3.05) is 19.0 Å². The summed E-state index contributed by atoms with van der Waals surface area (Å²) in [6.45, 7) is -1.63. The van der Waals surface area contributed by atoms with Crippen molar-refractivity contribution in [1.82, 2.24) is 14.5 Å². The summed E-state index contributed by atoms with van der Waals surface area (Å²) in [6.07, 6.45) is -0.552. The summed E-state index contributed by atoms with van der Waals surface area (Å²) < 4.78 is 49.3. The van der Waals surface area contributed by atoms with Gasteiger partial charge in [-0.2, -0.15) is 13.2 Å². The normalized spacial score (nSPS) is 11.2. The number of aromatic nitrogens is 2. The summed E-state index contributed by atoms with van der Waals surface area (Å²) in [5, 5.41) is 2.64. The number of carbonyl (C=O) groups excluding carboxylic acids is 2. The molecule has 3 rings (SSSR count). The number of ether oxygens (including phenoxy) is 1. The summed E-state index contributed by atoms with van der Waals surface area (Å²) in [4.78, 5) is 29.4. The molecule has 8 nitrogen and oxygen atoms in total. The van der Waals surface area contributed by atoms with Gasteiger partial charge in [0.1, 0.15) is 18.1 Å². The molecule has 0 aliphatic carbocycles. The first-order valence-electron chi connectivity index (χ1n) is 9.10. The summed E-state index contributed by atoms with van der Waals surface area (Å²) in [7, 11) is 1.44. The summed E-state index contributed by atoms with van der Waals surface area (Å²) in [5.41, 5.74) is 0.439. The first kappa shape index (κ1) is 21.9. The monoisotopic (exact) mass is 436 g/mol. The molecule has 0 saturated heterocycles. The lowest BCUT2D eigenvalue weighted by atomic mass is 10.3. The number of benzene rings is 1. The van der Waals surface area contributed by atoms with Crippen LogP contribution in [-0.4, -0.2) is 46.1 Å². The second kappa shape index (κ2) is 9.37. The third kappa shape index (κ3) is 6.36. The van der Waals surface area contributed by atoms with E-state index in [0.717, 1.165) is 4.57 Å². The van der Waals surface area contributed by atoms with Crippen LogP contribution in [0.1, 0.15) is 16.4 Å². The van der Waals surface area contributed by atoms with Crippen molar-refractivity contribution in [3.8, 4) is 5.75 Å². The van der Waals surface area contributed by atoms with Crippen molar-refractivity contribution in [3.63, 3.8) is 0 Å². The van der Waals surface area contributed by atoms with Gasteiger partial charge in [-0.3, -0.25) is 9.59 Å². The lowest BCUT2D eigenvalue weighted by Crippen LogP contribution is -2.32. The highest BCUT2D eigenvalue weighted by Crippen LogP contribution is 2.20. The Hall–Kier alpha value is -3.76. The molecular weight excluding hydrogens is 417 g/mol. The topological polar surface area (TPSA) is 89.6 Å². The van der Waals surface area contributed by atoms with Gasteiger partial charge in [0.15, 0.2) is 12.4 Å². The Balaban J connectivity index is 1.54. The molecule has 0 saturated carbocycles. The van der Waals surface area contributed by atoms with Crippen molar-refractivity contribution >= 4 is 17.5 Å². The van der Waals surface area contributed by atoms with E-state index < -0.39 is 24.5 Å². The van der Waals surface area contributed by atoms with Gasteiger partial charge in [0, 0.05) is 31.2 Å². The maximum absolute atomic E-state index is 12.6. The van der Waals surface area contributed by atoms with Crippen molar-refractivity contribution in [3.05, 3.63) is 66.6 Å². The number of likely N-dealkylation sites (N-methyl/N-ethyl adjacent to an activating group) is 1. The average molecular weight is 436 g/mol. The van der Waals surface area contributed by atoms with Crippen LogP contribution in [-0.2, 0) is 17.9 Å². The number of halogens is 3. The van der Waals surface area contributed by atoms with Gasteiger partial charge in [-0.15, -0.1) is 0 Å². The zero-order valence-electron chi connectivity index (χ0n) is 16.4. The fraction of sp³-hybridized carbons (Fsp3) is 0.250. The smallest absolute Gasteiger partial charge is 0.406 e. The van der Waals surface area contributed by atoms with Crippen LogP contribution in [0.25, 0.3) is 0 Å². The Bertz CT molecular complexity index is 1030. The molecule has 0 bridgehead atoms. The highest BCUT2D eigenvalue weighted by Gasteiger charge is 2.29. The SMILES string of the molecule is CN(Cc1nccn1CC(F)(F)F)C(=O)COc1cccc(NC(=O)c2ccco2)c1. The van der Waals surface area contributed by atoms with E-state index in [2.05, 4.69) is 10.3 Å². The molecule has 31 heavy (non-hydrogen) atoms. The van der Waals surface area contributed by atoms with Crippen molar-refractivity contribution < 1.29 is 31.9 Å². The average Bonchev–Trinajstić information content (AvgIpc) is 3.38. The molecule has 164 valence electrons. The van der Waals surface area contributed by atoms with Gasteiger partial charge in [0.25, 0.3) is 11.8 Å². The molecule has 2 heterocycles. The van der Waals surface area contributed by atoms with Crippen LogP contribution >= 0.6 is 0 Å². The van der Waals surface area contributed by atoms with Crippen LogP contribution < -0.4 is 10.1 Å². The number of anilines is 1. The minimum absolute atomic E-state index is 0.107. The molecule has 0 fully saturated rings. The van der Waals surface area contributed by atoms with E-state index in [4.69, 9.17) is 9.15 Å². The van der Waals surface area contributed by atoms with E-state index in [1.165, 1.54) is 42.7 Å². The van der Waals surface area contributed by atoms with Gasteiger partial charge in [0.05, 0.1) is 12.8 Å². The minimum Gasteiger partial charge on any atom is -0.484 e. The number of imidazole rings is 1. The van der Waals surface area contributed by atoms with Gasteiger partial charge in [-0.05, 0) is 24.3 Å². The Morgan fingerprint density at radius 1 is 1.26 bits per heavy atom. The maximum Gasteiger partial charge on any atom is 0.406 e. The number of hydrogen-bond donors (Lipinski definition) is 1. The molecule has 0 aliphatic rings. The fourth-order valence-electron chi connectivity index (χ4n) is 2.65. The zero-order chi connectivity index (χ0) is 22.4. The van der Waals surface area contributed by atoms with Crippen LogP contribution in [0.5, 0.6) is 5.75 Å². The number of furan rings is 1. The summed E-state index contributed by atoms with van der Waals surface area (Å²) >= 11 is 0. The van der Waals surface area contributed by atoms with E-state index in [0.29, 0.717) is 11.4 Å². The lowest BCUT2D eigenvalue weighted by molar-refractivity contribution is -0.141. The predicted octanol–water partition coefficient (Wildman–Crippen LogP) is 3.33. The number of hydrogen-bond acceptors (Lipinski definition) is 5. The predicted molar refractivity (Wildman–Crippen MR) is 103 cm³/mol. The number of nitrogens with one attached hydrogen (secondary N) is 1. The van der Waals surface area contributed by atoms with E-state index in [1.54, 1.807) is 24.3 Å². The van der Waals surface area contributed by atoms with E-state index in [1.807, 2.05) is 0 Å². The molecule has 0 atom stereocenters. The summed E-state index contributed by atoms with van der Waals surface area (Å²) in [5.74, 6) is -0.306. The quantitative estimate of drug-likeness (QED) is 0.585. The maximum atomic E-state index is 12.6. The van der Waals surface area contributed by atoms with E-state index >= 15 is 0 Å². The first-order chi connectivity index (χ1) is 14.7. The molecule has 1 N–H and O–H groups in total. The number of nitrogens with zero attached hydrogens (tertiary/aromatic N) is 3.